The molecule has 0 spiro atoms. The van der Waals surface area contributed by atoms with Gasteiger partial charge in [0.05, 0.1) is 33.7 Å². The molecule has 10 heteroatoms. The Hall–Kier alpha value is -4.31. The van der Waals surface area contributed by atoms with E-state index in [1.165, 1.54) is 17.3 Å². The maximum Gasteiger partial charge on any atom is 0.233 e. The van der Waals surface area contributed by atoms with E-state index in [1.807, 2.05) is 74.5 Å². The number of aryl methyl sites for hydroxylation is 1. The monoisotopic (exact) mass is 574 g/mol. The smallest absolute Gasteiger partial charge is 0.233 e. The van der Waals surface area contributed by atoms with Gasteiger partial charge in [-0.05, 0) is 55.3 Å². The minimum Gasteiger partial charge on any atom is -0.493 e. The standard InChI is InChI=1S/C31H34N4O5S/c1-7-27(30(36)32-18-20-10-8-19(2)9-11-20)41-31-33-28(21-12-14-23(37-3)25(16-21)39-5)29(34-35-31)22-13-15-24(38-4)26(17-22)40-6/h8-17,27H,7,18H2,1-6H3,(H,32,36)/t27-/m0/s1. The molecule has 1 amide bonds. The average molecular weight is 575 g/mol. The molecule has 1 N–H and O–H groups in total. The number of methoxy groups -OCH3 is 4. The Bertz CT molecular complexity index is 1500. The van der Waals surface area contributed by atoms with Crippen LogP contribution in [0.3, 0.4) is 0 Å². The van der Waals surface area contributed by atoms with E-state index in [0.717, 1.165) is 16.7 Å². The molecular formula is C31H34N4O5S. The van der Waals surface area contributed by atoms with Crippen molar-refractivity contribution in [2.75, 3.05) is 28.4 Å². The zero-order chi connectivity index (χ0) is 29.4. The summed E-state index contributed by atoms with van der Waals surface area (Å²) in [6.45, 7) is 4.45. The molecule has 1 aromatic heterocycles. The summed E-state index contributed by atoms with van der Waals surface area (Å²) in [6.07, 6.45) is 0.594. The lowest BCUT2D eigenvalue weighted by atomic mass is 10.0. The molecule has 0 saturated carbocycles. The predicted molar refractivity (Wildman–Crippen MR) is 160 cm³/mol. The van der Waals surface area contributed by atoms with Crippen LogP contribution in [0.15, 0.2) is 65.8 Å². The summed E-state index contributed by atoms with van der Waals surface area (Å²) in [6, 6.07) is 19.1. The number of nitrogens with one attached hydrogen (secondary N) is 1. The van der Waals surface area contributed by atoms with E-state index in [-0.39, 0.29) is 5.91 Å². The Morgan fingerprint density at radius 3 is 1.88 bits per heavy atom. The van der Waals surface area contributed by atoms with Gasteiger partial charge in [-0.1, -0.05) is 48.5 Å². The van der Waals surface area contributed by atoms with Crippen LogP contribution in [0.4, 0.5) is 0 Å². The van der Waals surface area contributed by atoms with E-state index >= 15 is 0 Å². The largest absolute Gasteiger partial charge is 0.493 e. The molecular weight excluding hydrogens is 540 g/mol. The van der Waals surface area contributed by atoms with Crippen LogP contribution in [0.25, 0.3) is 22.5 Å². The number of hydrogen-bond donors (Lipinski definition) is 1. The van der Waals surface area contributed by atoms with Gasteiger partial charge in [0.1, 0.15) is 11.4 Å². The molecule has 0 unspecified atom stereocenters. The van der Waals surface area contributed by atoms with E-state index in [2.05, 4.69) is 15.5 Å². The quantitative estimate of drug-likeness (QED) is 0.212. The van der Waals surface area contributed by atoms with Crippen LogP contribution < -0.4 is 24.3 Å². The number of hydrogen-bond acceptors (Lipinski definition) is 9. The fourth-order valence-corrected chi connectivity index (χ4v) is 5.03. The molecule has 0 aliphatic carbocycles. The van der Waals surface area contributed by atoms with Crippen LogP contribution in [-0.2, 0) is 11.3 Å². The number of nitrogens with zero attached hydrogens (tertiary/aromatic N) is 3. The van der Waals surface area contributed by atoms with Gasteiger partial charge in [-0.3, -0.25) is 4.79 Å². The van der Waals surface area contributed by atoms with Crippen molar-refractivity contribution >= 4 is 17.7 Å². The minimum absolute atomic E-state index is 0.0849. The molecule has 3 aromatic carbocycles. The molecule has 4 aromatic rings. The van der Waals surface area contributed by atoms with Gasteiger partial charge in [-0.15, -0.1) is 10.2 Å². The highest BCUT2D eigenvalue weighted by molar-refractivity contribution is 8.00. The third kappa shape index (κ3) is 7.07. The Labute approximate surface area is 244 Å². The number of benzene rings is 3. The summed E-state index contributed by atoms with van der Waals surface area (Å²) in [5, 5.41) is 12.0. The molecule has 0 aliphatic rings. The molecule has 0 radical (unpaired) electrons. The summed E-state index contributed by atoms with van der Waals surface area (Å²) in [5.41, 5.74) is 4.82. The first kappa shape index (κ1) is 29.7. The van der Waals surface area contributed by atoms with E-state index in [0.29, 0.717) is 52.5 Å². The summed E-state index contributed by atoms with van der Waals surface area (Å²) >= 11 is 1.28. The molecule has 214 valence electrons. The van der Waals surface area contributed by atoms with Gasteiger partial charge in [0.25, 0.3) is 0 Å². The van der Waals surface area contributed by atoms with Crippen LogP contribution in [0, 0.1) is 6.92 Å². The third-order valence-electron chi connectivity index (χ3n) is 6.48. The summed E-state index contributed by atoms with van der Waals surface area (Å²) < 4.78 is 21.9. The predicted octanol–water partition coefficient (Wildman–Crippen LogP) is 5.74. The highest BCUT2D eigenvalue weighted by Crippen LogP contribution is 2.38. The Morgan fingerprint density at radius 2 is 1.34 bits per heavy atom. The minimum atomic E-state index is -0.396. The second-order valence-corrected chi connectivity index (χ2v) is 10.3. The second kappa shape index (κ2) is 13.8. The Kier molecular flexibility index (Phi) is 10.0. The van der Waals surface area contributed by atoms with Gasteiger partial charge in [0.2, 0.25) is 11.1 Å². The van der Waals surface area contributed by atoms with Crippen molar-refractivity contribution in [3.63, 3.8) is 0 Å². The van der Waals surface area contributed by atoms with Gasteiger partial charge in [0, 0.05) is 17.7 Å². The summed E-state index contributed by atoms with van der Waals surface area (Å²) in [4.78, 5) is 18.0. The Morgan fingerprint density at radius 1 is 0.780 bits per heavy atom. The lowest BCUT2D eigenvalue weighted by Gasteiger charge is -2.16. The summed E-state index contributed by atoms with van der Waals surface area (Å²) in [5.74, 6) is 2.22. The first-order valence-corrected chi connectivity index (χ1v) is 14.0. The zero-order valence-electron chi connectivity index (χ0n) is 24.1. The van der Waals surface area contributed by atoms with Crippen molar-refractivity contribution < 1.29 is 23.7 Å². The number of rotatable bonds is 12. The van der Waals surface area contributed by atoms with Crippen LogP contribution >= 0.6 is 11.8 Å². The van der Waals surface area contributed by atoms with Crippen molar-refractivity contribution in [3.05, 3.63) is 71.8 Å². The second-order valence-electron chi connectivity index (χ2n) is 9.15. The molecule has 0 aliphatic heterocycles. The maximum atomic E-state index is 13.1. The molecule has 0 fully saturated rings. The van der Waals surface area contributed by atoms with Crippen molar-refractivity contribution in [2.45, 2.75) is 37.2 Å². The first-order chi connectivity index (χ1) is 19.9. The van der Waals surface area contributed by atoms with Gasteiger partial charge in [-0.25, -0.2) is 4.98 Å². The third-order valence-corrected chi connectivity index (χ3v) is 7.70. The molecule has 1 atom stereocenters. The highest BCUT2D eigenvalue weighted by Gasteiger charge is 2.22. The van der Waals surface area contributed by atoms with Gasteiger partial charge >= 0.3 is 0 Å². The molecule has 4 rings (SSSR count). The fraction of sp³-hybridized carbons (Fsp3) is 0.290. The van der Waals surface area contributed by atoms with Crippen molar-refractivity contribution in [2.24, 2.45) is 0 Å². The summed E-state index contributed by atoms with van der Waals surface area (Å²) in [7, 11) is 6.33. The number of carbonyl (C=O) groups is 1. The lowest BCUT2D eigenvalue weighted by molar-refractivity contribution is -0.120. The van der Waals surface area contributed by atoms with E-state index in [4.69, 9.17) is 23.9 Å². The highest BCUT2D eigenvalue weighted by atomic mass is 32.2. The molecule has 41 heavy (non-hydrogen) atoms. The number of thioether (sulfide) groups is 1. The van der Waals surface area contributed by atoms with Crippen LogP contribution in [-0.4, -0.2) is 54.8 Å². The lowest BCUT2D eigenvalue weighted by Crippen LogP contribution is -2.32. The van der Waals surface area contributed by atoms with Gasteiger partial charge < -0.3 is 24.3 Å². The van der Waals surface area contributed by atoms with E-state index < -0.39 is 5.25 Å². The van der Waals surface area contributed by atoms with Crippen LogP contribution in [0.5, 0.6) is 23.0 Å². The van der Waals surface area contributed by atoms with E-state index in [9.17, 15) is 4.79 Å². The number of amides is 1. The van der Waals surface area contributed by atoms with Crippen LogP contribution in [0.1, 0.15) is 24.5 Å². The topological polar surface area (TPSA) is 105 Å². The van der Waals surface area contributed by atoms with Crippen LogP contribution in [0.2, 0.25) is 0 Å². The number of ether oxygens (including phenoxy) is 4. The molecule has 1 heterocycles. The van der Waals surface area contributed by atoms with E-state index in [1.54, 1.807) is 28.4 Å². The first-order valence-electron chi connectivity index (χ1n) is 13.1. The molecule has 0 bridgehead atoms. The Balaban J connectivity index is 1.68. The SMILES string of the molecule is CC[C@H](Sc1nnc(-c2ccc(OC)c(OC)c2)c(-c2ccc(OC)c(OC)c2)n1)C(=O)NCc1ccc(C)cc1. The maximum absolute atomic E-state index is 13.1. The van der Waals surface area contributed by atoms with Crippen molar-refractivity contribution in [3.8, 4) is 45.5 Å². The van der Waals surface area contributed by atoms with Gasteiger partial charge in [-0.2, -0.15) is 0 Å². The van der Waals surface area contributed by atoms with Crippen molar-refractivity contribution in [1.82, 2.24) is 20.5 Å². The molecule has 0 saturated heterocycles. The number of aromatic nitrogens is 3. The van der Waals surface area contributed by atoms with Gasteiger partial charge in [0.15, 0.2) is 23.0 Å². The molecule has 9 nitrogen and oxygen atoms in total. The zero-order valence-corrected chi connectivity index (χ0v) is 24.9. The fourth-order valence-electron chi connectivity index (χ4n) is 4.18. The number of carbonyl (C=O) groups excluding carboxylic acids is 1. The van der Waals surface area contributed by atoms with Crippen molar-refractivity contribution in [1.29, 1.82) is 0 Å². The average Bonchev–Trinajstić information content (AvgIpc) is 3.02. The normalized spacial score (nSPS) is 11.5.